The summed E-state index contributed by atoms with van der Waals surface area (Å²) in [6, 6.07) is 7.32. The minimum atomic E-state index is 0.0130. The molecule has 0 spiro atoms. The highest BCUT2D eigenvalue weighted by Crippen LogP contribution is 2.16. The average molecular weight is 234 g/mol. The van der Waals surface area contributed by atoms with Crippen LogP contribution in [0.1, 0.15) is 16.8 Å². The molecule has 1 fully saturated rings. The Morgan fingerprint density at radius 2 is 2.06 bits per heavy atom. The zero-order chi connectivity index (χ0) is 12.3. The van der Waals surface area contributed by atoms with Gasteiger partial charge in [0.25, 0.3) is 5.91 Å². The SMILES string of the molecule is CN(C)C(=O)c1ccc(OC2CCNC2)cc1. The monoisotopic (exact) mass is 234 g/mol. The van der Waals surface area contributed by atoms with Crippen LogP contribution in [0.5, 0.6) is 5.75 Å². The summed E-state index contributed by atoms with van der Waals surface area (Å²) in [6.07, 6.45) is 1.30. The molecule has 1 aromatic carbocycles. The Balaban J connectivity index is 1.99. The van der Waals surface area contributed by atoms with E-state index in [2.05, 4.69) is 5.32 Å². The third-order valence-corrected chi connectivity index (χ3v) is 2.83. The molecular weight excluding hydrogens is 216 g/mol. The van der Waals surface area contributed by atoms with Crippen LogP contribution in [0.15, 0.2) is 24.3 Å². The fourth-order valence-corrected chi connectivity index (χ4v) is 1.86. The molecule has 17 heavy (non-hydrogen) atoms. The van der Waals surface area contributed by atoms with Gasteiger partial charge < -0.3 is 15.0 Å². The molecule has 4 nitrogen and oxygen atoms in total. The van der Waals surface area contributed by atoms with Crippen molar-refractivity contribution >= 4 is 5.91 Å². The Kier molecular flexibility index (Phi) is 3.64. The van der Waals surface area contributed by atoms with Crippen LogP contribution in [0.2, 0.25) is 0 Å². The molecule has 1 N–H and O–H groups in total. The molecule has 1 heterocycles. The number of carbonyl (C=O) groups is 1. The smallest absolute Gasteiger partial charge is 0.253 e. The van der Waals surface area contributed by atoms with Gasteiger partial charge in [-0.15, -0.1) is 0 Å². The van der Waals surface area contributed by atoms with Crippen LogP contribution in [0.3, 0.4) is 0 Å². The summed E-state index contributed by atoms with van der Waals surface area (Å²) >= 11 is 0. The van der Waals surface area contributed by atoms with Crippen molar-refractivity contribution in [1.82, 2.24) is 10.2 Å². The van der Waals surface area contributed by atoms with Crippen molar-refractivity contribution in [1.29, 1.82) is 0 Å². The second-order valence-electron chi connectivity index (χ2n) is 4.46. The Morgan fingerprint density at radius 1 is 1.35 bits per heavy atom. The van der Waals surface area contributed by atoms with E-state index in [4.69, 9.17) is 4.74 Å². The zero-order valence-corrected chi connectivity index (χ0v) is 10.3. The lowest BCUT2D eigenvalue weighted by Gasteiger charge is -2.13. The molecule has 1 atom stereocenters. The second kappa shape index (κ2) is 5.19. The van der Waals surface area contributed by atoms with Crippen molar-refractivity contribution in [3.8, 4) is 5.75 Å². The minimum absolute atomic E-state index is 0.0130. The first kappa shape index (κ1) is 11.9. The third-order valence-electron chi connectivity index (χ3n) is 2.83. The second-order valence-corrected chi connectivity index (χ2v) is 4.46. The summed E-state index contributed by atoms with van der Waals surface area (Å²) in [4.78, 5) is 13.2. The number of hydrogen-bond acceptors (Lipinski definition) is 3. The number of rotatable bonds is 3. The van der Waals surface area contributed by atoms with Crippen LogP contribution in [-0.2, 0) is 0 Å². The number of amides is 1. The summed E-state index contributed by atoms with van der Waals surface area (Å²) in [5, 5.41) is 3.25. The van der Waals surface area contributed by atoms with E-state index in [1.165, 1.54) is 0 Å². The lowest BCUT2D eigenvalue weighted by Crippen LogP contribution is -2.22. The maximum Gasteiger partial charge on any atom is 0.253 e. The summed E-state index contributed by atoms with van der Waals surface area (Å²) in [7, 11) is 3.49. The number of carbonyl (C=O) groups excluding carboxylic acids is 1. The molecule has 0 saturated carbocycles. The normalized spacial score (nSPS) is 19.1. The first-order chi connectivity index (χ1) is 8.16. The predicted molar refractivity (Wildman–Crippen MR) is 66.4 cm³/mol. The van der Waals surface area contributed by atoms with Crippen molar-refractivity contribution in [2.45, 2.75) is 12.5 Å². The van der Waals surface area contributed by atoms with Crippen molar-refractivity contribution in [2.75, 3.05) is 27.2 Å². The lowest BCUT2D eigenvalue weighted by atomic mass is 10.2. The molecule has 2 rings (SSSR count). The summed E-state index contributed by atoms with van der Waals surface area (Å²) < 4.78 is 5.78. The third kappa shape index (κ3) is 2.97. The van der Waals surface area contributed by atoms with E-state index in [-0.39, 0.29) is 12.0 Å². The Labute approximate surface area is 102 Å². The van der Waals surface area contributed by atoms with E-state index in [1.54, 1.807) is 31.1 Å². The van der Waals surface area contributed by atoms with Crippen LogP contribution in [0, 0.1) is 0 Å². The first-order valence-corrected chi connectivity index (χ1v) is 5.86. The van der Waals surface area contributed by atoms with Crippen LogP contribution in [-0.4, -0.2) is 44.1 Å². The van der Waals surface area contributed by atoms with Gasteiger partial charge in [0.05, 0.1) is 0 Å². The van der Waals surface area contributed by atoms with Crippen LogP contribution < -0.4 is 10.1 Å². The molecular formula is C13H18N2O2. The highest BCUT2D eigenvalue weighted by molar-refractivity contribution is 5.93. The van der Waals surface area contributed by atoms with Crippen molar-refractivity contribution in [3.05, 3.63) is 29.8 Å². The van der Waals surface area contributed by atoms with Gasteiger partial charge in [0.15, 0.2) is 0 Å². The molecule has 1 aromatic rings. The standard InChI is InChI=1S/C13H18N2O2/c1-15(2)13(16)10-3-5-11(6-4-10)17-12-7-8-14-9-12/h3-6,12,14H,7-9H2,1-2H3. The van der Waals surface area contributed by atoms with Crippen molar-refractivity contribution in [3.63, 3.8) is 0 Å². The fourth-order valence-electron chi connectivity index (χ4n) is 1.86. The van der Waals surface area contributed by atoms with E-state index in [0.29, 0.717) is 5.56 Å². The fraction of sp³-hybridized carbons (Fsp3) is 0.462. The molecule has 92 valence electrons. The highest BCUT2D eigenvalue weighted by Gasteiger charge is 2.16. The van der Waals surface area contributed by atoms with Gasteiger partial charge in [-0.05, 0) is 37.2 Å². The first-order valence-electron chi connectivity index (χ1n) is 5.86. The summed E-state index contributed by atoms with van der Waals surface area (Å²) in [5.74, 6) is 0.841. The lowest BCUT2D eigenvalue weighted by molar-refractivity contribution is 0.0827. The van der Waals surface area contributed by atoms with E-state index >= 15 is 0 Å². The van der Waals surface area contributed by atoms with Crippen molar-refractivity contribution in [2.24, 2.45) is 0 Å². The van der Waals surface area contributed by atoms with Gasteiger partial charge >= 0.3 is 0 Å². The molecule has 1 amide bonds. The van der Waals surface area contributed by atoms with E-state index in [1.807, 2.05) is 12.1 Å². The van der Waals surface area contributed by atoms with Crippen LogP contribution >= 0.6 is 0 Å². The molecule has 1 unspecified atom stereocenters. The predicted octanol–water partition coefficient (Wildman–Crippen LogP) is 1.13. The number of benzene rings is 1. The van der Waals surface area contributed by atoms with Crippen LogP contribution in [0.4, 0.5) is 0 Å². The molecule has 1 aliphatic heterocycles. The van der Waals surface area contributed by atoms with E-state index in [0.717, 1.165) is 25.3 Å². The van der Waals surface area contributed by atoms with Gasteiger partial charge in [-0.25, -0.2) is 0 Å². The topological polar surface area (TPSA) is 41.6 Å². The van der Waals surface area contributed by atoms with E-state index < -0.39 is 0 Å². The molecule has 0 aliphatic carbocycles. The van der Waals surface area contributed by atoms with E-state index in [9.17, 15) is 4.79 Å². The minimum Gasteiger partial charge on any atom is -0.489 e. The van der Waals surface area contributed by atoms with Gasteiger partial charge in [0, 0.05) is 26.2 Å². The number of nitrogens with one attached hydrogen (secondary N) is 1. The summed E-state index contributed by atoms with van der Waals surface area (Å²) in [5.41, 5.74) is 0.687. The Morgan fingerprint density at radius 3 is 2.59 bits per heavy atom. The maximum atomic E-state index is 11.7. The quantitative estimate of drug-likeness (QED) is 0.852. The van der Waals surface area contributed by atoms with Gasteiger partial charge in [-0.1, -0.05) is 0 Å². The summed E-state index contributed by atoms with van der Waals surface area (Å²) in [6.45, 7) is 1.92. The van der Waals surface area contributed by atoms with Gasteiger partial charge in [0.2, 0.25) is 0 Å². The molecule has 4 heteroatoms. The maximum absolute atomic E-state index is 11.7. The van der Waals surface area contributed by atoms with Gasteiger partial charge in [0.1, 0.15) is 11.9 Å². The molecule has 1 aliphatic rings. The van der Waals surface area contributed by atoms with Crippen molar-refractivity contribution < 1.29 is 9.53 Å². The Bertz CT molecular complexity index is 381. The zero-order valence-electron chi connectivity index (χ0n) is 10.3. The van der Waals surface area contributed by atoms with Gasteiger partial charge in [-0.2, -0.15) is 0 Å². The largest absolute Gasteiger partial charge is 0.489 e. The molecule has 0 bridgehead atoms. The van der Waals surface area contributed by atoms with Gasteiger partial charge in [-0.3, -0.25) is 4.79 Å². The number of nitrogens with zero attached hydrogens (tertiary/aromatic N) is 1. The molecule has 0 aromatic heterocycles. The average Bonchev–Trinajstić information content (AvgIpc) is 2.82. The number of hydrogen-bond donors (Lipinski definition) is 1. The molecule has 0 radical (unpaired) electrons. The highest BCUT2D eigenvalue weighted by atomic mass is 16.5. The number of ether oxygens (including phenoxy) is 1. The van der Waals surface area contributed by atoms with Crippen LogP contribution in [0.25, 0.3) is 0 Å². The molecule has 1 saturated heterocycles. The Hall–Kier alpha value is -1.55.